The van der Waals surface area contributed by atoms with E-state index in [4.69, 9.17) is 4.74 Å². The molecule has 0 radical (unpaired) electrons. The second-order valence-electron chi connectivity index (χ2n) is 4.77. The van der Waals surface area contributed by atoms with Crippen molar-refractivity contribution < 1.29 is 4.74 Å². The van der Waals surface area contributed by atoms with Gasteiger partial charge in [0.15, 0.2) is 0 Å². The molecule has 1 atom stereocenters. The third-order valence-electron chi connectivity index (χ3n) is 3.20. The van der Waals surface area contributed by atoms with Gasteiger partial charge in [0.2, 0.25) is 0 Å². The van der Waals surface area contributed by atoms with Gasteiger partial charge >= 0.3 is 0 Å². The highest BCUT2D eigenvalue weighted by Gasteiger charge is 2.15. The molecule has 0 spiro atoms. The number of hydrogen-bond donors (Lipinski definition) is 1. The van der Waals surface area contributed by atoms with Crippen LogP contribution in [0.25, 0.3) is 0 Å². The van der Waals surface area contributed by atoms with Crippen LogP contribution in [0.4, 0.5) is 0 Å². The Kier molecular flexibility index (Phi) is 4.86. The van der Waals surface area contributed by atoms with Crippen LogP contribution < -0.4 is 10.1 Å². The van der Waals surface area contributed by atoms with E-state index in [9.17, 15) is 0 Å². The van der Waals surface area contributed by atoms with E-state index in [1.807, 2.05) is 24.3 Å². The van der Waals surface area contributed by atoms with Gasteiger partial charge in [0.25, 0.3) is 0 Å². The van der Waals surface area contributed by atoms with Gasteiger partial charge in [-0.05, 0) is 44.0 Å². The molecular formula is C14H20BrNO. The van der Waals surface area contributed by atoms with Gasteiger partial charge in [0.05, 0.1) is 0 Å². The molecule has 1 aliphatic carbocycles. The highest BCUT2D eigenvalue weighted by atomic mass is 79.9. The fraction of sp³-hybridized carbons (Fsp3) is 0.571. The minimum atomic E-state index is 0.219. The molecule has 3 heteroatoms. The molecule has 17 heavy (non-hydrogen) atoms. The van der Waals surface area contributed by atoms with E-state index in [-0.39, 0.29) is 6.10 Å². The van der Waals surface area contributed by atoms with Gasteiger partial charge in [0, 0.05) is 17.1 Å². The third-order valence-corrected chi connectivity index (χ3v) is 3.73. The van der Waals surface area contributed by atoms with Crippen LogP contribution in [0.15, 0.2) is 28.7 Å². The van der Waals surface area contributed by atoms with Gasteiger partial charge in [-0.15, -0.1) is 0 Å². The lowest BCUT2D eigenvalue weighted by molar-refractivity contribution is 0.211. The van der Waals surface area contributed by atoms with Crippen molar-refractivity contribution in [3.63, 3.8) is 0 Å². The molecule has 2 rings (SSSR count). The first-order valence-electron chi connectivity index (χ1n) is 6.39. The molecule has 0 bridgehead atoms. The summed E-state index contributed by atoms with van der Waals surface area (Å²) >= 11 is 3.42. The average molecular weight is 298 g/mol. The molecule has 1 aromatic rings. The number of hydrogen-bond acceptors (Lipinski definition) is 2. The van der Waals surface area contributed by atoms with Gasteiger partial charge in [-0.2, -0.15) is 0 Å². The fourth-order valence-electron chi connectivity index (χ4n) is 2.25. The first-order valence-corrected chi connectivity index (χ1v) is 7.19. The maximum absolute atomic E-state index is 5.85. The van der Waals surface area contributed by atoms with Crippen LogP contribution in [-0.4, -0.2) is 18.7 Å². The van der Waals surface area contributed by atoms with Crippen molar-refractivity contribution in [1.82, 2.24) is 5.32 Å². The predicted molar refractivity (Wildman–Crippen MR) is 74.5 cm³/mol. The maximum Gasteiger partial charge on any atom is 0.119 e. The van der Waals surface area contributed by atoms with Crippen molar-refractivity contribution >= 4 is 15.9 Å². The molecule has 1 N–H and O–H groups in total. The van der Waals surface area contributed by atoms with E-state index in [0.717, 1.165) is 16.8 Å². The zero-order chi connectivity index (χ0) is 12.1. The van der Waals surface area contributed by atoms with Crippen molar-refractivity contribution in [3.05, 3.63) is 28.7 Å². The quantitative estimate of drug-likeness (QED) is 0.894. The number of nitrogens with one attached hydrogen (secondary N) is 1. The minimum absolute atomic E-state index is 0.219. The molecule has 2 nitrogen and oxygen atoms in total. The predicted octanol–water partition coefficient (Wildman–Crippen LogP) is 3.75. The minimum Gasteiger partial charge on any atom is -0.489 e. The summed E-state index contributed by atoms with van der Waals surface area (Å²) in [5.41, 5.74) is 0. The van der Waals surface area contributed by atoms with Gasteiger partial charge in [0.1, 0.15) is 11.9 Å². The summed E-state index contributed by atoms with van der Waals surface area (Å²) in [5.74, 6) is 0.939. The number of rotatable bonds is 5. The van der Waals surface area contributed by atoms with E-state index < -0.39 is 0 Å². The third kappa shape index (κ3) is 4.32. The Morgan fingerprint density at radius 3 is 2.59 bits per heavy atom. The molecule has 1 aliphatic rings. The summed E-state index contributed by atoms with van der Waals surface area (Å²) < 4.78 is 6.93. The lowest BCUT2D eigenvalue weighted by Crippen LogP contribution is -2.35. The molecular weight excluding hydrogens is 278 g/mol. The van der Waals surface area contributed by atoms with Crippen molar-refractivity contribution in [2.24, 2.45) is 0 Å². The Balaban J connectivity index is 1.72. The molecule has 0 aromatic heterocycles. The molecule has 1 saturated carbocycles. The second-order valence-corrected chi connectivity index (χ2v) is 5.69. The Hall–Kier alpha value is -0.540. The van der Waals surface area contributed by atoms with E-state index in [1.54, 1.807) is 0 Å². The highest BCUT2D eigenvalue weighted by Crippen LogP contribution is 2.19. The summed E-state index contributed by atoms with van der Waals surface area (Å²) in [6, 6.07) is 8.72. The molecule has 0 saturated heterocycles. The lowest BCUT2D eigenvalue weighted by Gasteiger charge is -2.18. The van der Waals surface area contributed by atoms with Crippen LogP contribution in [0.2, 0.25) is 0 Å². The molecule has 1 aromatic carbocycles. The van der Waals surface area contributed by atoms with Crippen LogP contribution >= 0.6 is 15.9 Å². The maximum atomic E-state index is 5.85. The van der Waals surface area contributed by atoms with Gasteiger partial charge in [-0.3, -0.25) is 0 Å². The van der Waals surface area contributed by atoms with Crippen LogP contribution in [0.5, 0.6) is 5.75 Å². The van der Waals surface area contributed by atoms with Gasteiger partial charge in [-0.1, -0.05) is 28.8 Å². The summed E-state index contributed by atoms with van der Waals surface area (Å²) in [4.78, 5) is 0. The largest absolute Gasteiger partial charge is 0.489 e. The number of halogens is 1. The van der Waals surface area contributed by atoms with Gasteiger partial charge in [-0.25, -0.2) is 0 Å². The highest BCUT2D eigenvalue weighted by molar-refractivity contribution is 9.10. The SMILES string of the molecule is CC(CNC1CCCC1)Oc1ccc(Br)cc1. The molecule has 1 unspecified atom stereocenters. The first kappa shape index (κ1) is 12.9. The van der Waals surface area contributed by atoms with E-state index in [2.05, 4.69) is 28.2 Å². The standard InChI is InChI=1S/C14H20BrNO/c1-11(10-16-13-4-2-3-5-13)17-14-8-6-12(15)7-9-14/h6-9,11,13,16H,2-5,10H2,1H3. The van der Waals surface area contributed by atoms with Crippen molar-refractivity contribution in [3.8, 4) is 5.75 Å². The molecule has 0 amide bonds. The summed E-state index contributed by atoms with van der Waals surface area (Å²) in [5, 5.41) is 3.58. The van der Waals surface area contributed by atoms with Crippen molar-refractivity contribution in [2.45, 2.75) is 44.8 Å². The fourth-order valence-corrected chi connectivity index (χ4v) is 2.51. The normalized spacial score (nSPS) is 18.2. The monoisotopic (exact) mass is 297 g/mol. The van der Waals surface area contributed by atoms with Crippen LogP contribution in [0.3, 0.4) is 0 Å². The van der Waals surface area contributed by atoms with Crippen LogP contribution in [-0.2, 0) is 0 Å². The van der Waals surface area contributed by atoms with Crippen LogP contribution in [0.1, 0.15) is 32.6 Å². The van der Waals surface area contributed by atoms with E-state index in [1.165, 1.54) is 25.7 Å². The van der Waals surface area contributed by atoms with E-state index >= 15 is 0 Å². The van der Waals surface area contributed by atoms with Crippen LogP contribution in [0, 0.1) is 0 Å². The molecule has 0 heterocycles. The Labute approximate surface area is 112 Å². The number of benzene rings is 1. The summed E-state index contributed by atoms with van der Waals surface area (Å²) in [6.07, 6.45) is 5.62. The van der Waals surface area contributed by atoms with Crippen molar-refractivity contribution in [2.75, 3.05) is 6.54 Å². The topological polar surface area (TPSA) is 21.3 Å². The second kappa shape index (κ2) is 6.41. The van der Waals surface area contributed by atoms with E-state index in [0.29, 0.717) is 6.04 Å². The van der Waals surface area contributed by atoms with Crippen molar-refractivity contribution in [1.29, 1.82) is 0 Å². The lowest BCUT2D eigenvalue weighted by atomic mass is 10.2. The molecule has 0 aliphatic heterocycles. The Bertz CT molecular complexity index is 333. The average Bonchev–Trinajstić information content (AvgIpc) is 2.83. The summed E-state index contributed by atoms with van der Waals surface area (Å²) in [6.45, 7) is 3.05. The Morgan fingerprint density at radius 1 is 1.29 bits per heavy atom. The zero-order valence-electron chi connectivity index (χ0n) is 10.3. The first-order chi connectivity index (χ1) is 8.24. The van der Waals surface area contributed by atoms with Gasteiger partial charge < -0.3 is 10.1 Å². The zero-order valence-corrected chi connectivity index (χ0v) is 11.9. The smallest absolute Gasteiger partial charge is 0.119 e. The number of ether oxygens (including phenoxy) is 1. The Morgan fingerprint density at radius 2 is 1.94 bits per heavy atom. The molecule has 1 fully saturated rings. The molecule has 94 valence electrons. The summed E-state index contributed by atoms with van der Waals surface area (Å²) in [7, 11) is 0.